The second-order valence-corrected chi connectivity index (χ2v) is 8.62. The summed E-state index contributed by atoms with van der Waals surface area (Å²) in [7, 11) is 3.91. The zero-order chi connectivity index (χ0) is 20.5. The number of hydrogen-bond donors (Lipinski definition) is 1. The lowest BCUT2D eigenvalue weighted by molar-refractivity contribution is 0.253. The molecule has 0 amide bonds. The van der Waals surface area contributed by atoms with Gasteiger partial charge >= 0.3 is 0 Å². The largest absolute Gasteiger partial charge is 0.369 e. The van der Waals surface area contributed by atoms with Gasteiger partial charge in [0, 0.05) is 57.9 Å². The van der Waals surface area contributed by atoms with Crippen LogP contribution in [0.3, 0.4) is 0 Å². The van der Waals surface area contributed by atoms with Crippen molar-refractivity contribution in [2.24, 2.45) is 4.99 Å². The van der Waals surface area contributed by atoms with E-state index in [2.05, 4.69) is 72.8 Å². The predicted octanol–water partition coefficient (Wildman–Crippen LogP) is 3.06. The van der Waals surface area contributed by atoms with Crippen molar-refractivity contribution in [3.8, 4) is 0 Å². The predicted molar refractivity (Wildman–Crippen MR) is 124 cm³/mol. The van der Waals surface area contributed by atoms with Crippen LogP contribution in [0.15, 0.2) is 40.7 Å². The summed E-state index contributed by atoms with van der Waals surface area (Å²) in [6, 6.07) is 10.7. The summed E-state index contributed by atoms with van der Waals surface area (Å²) in [4.78, 5) is 16.2. The Morgan fingerprint density at radius 1 is 1.17 bits per heavy atom. The highest BCUT2D eigenvalue weighted by Gasteiger charge is 2.16. The molecule has 158 valence electrons. The Hall–Kier alpha value is -2.12. The number of aryl methyl sites for hydroxylation is 1. The Morgan fingerprint density at radius 2 is 1.93 bits per heavy atom. The molecule has 1 N–H and O–H groups in total. The molecule has 1 aromatic carbocycles. The van der Waals surface area contributed by atoms with Crippen LogP contribution >= 0.6 is 11.3 Å². The van der Waals surface area contributed by atoms with E-state index in [1.807, 2.05) is 14.0 Å². The number of thiazole rings is 1. The molecule has 1 fully saturated rings. The van der Waals surface area contributed by atoms with Gasteiger partial charge in [-0.05, 0) is 38.4 Å². The minimum absolute atomic E-state index is 0.787. The number of unbranched alkanes of at least 4 members (excludes halogenated alkanes) is 1. The van der Waals surface area contributed by atoms with E-state index in [4.69, 9.17) is 0 Å². The van der Waals surface area contributed by atoms with Crippen LogP contribution in [0.2, 0.25) is 0 Å². The van der Waals surface area contributed by atoms with Crippen molar-refractivity contribution in [2.75, 3.05) is 58.3 Å². The van der Waals surface area contributed by atoms with E-state index in [0.29, 0.717) is 0 Å². The second-order valence-electron chi connectivity index (χ2n) is 7.56. The van der Waals surface area contributed by atoms with Crippen molar-refractivity contribution < 1.29 is 0 Å². The zero-order valence-corrected chi connectivity index (χ0v) is 18.8. The molecular formula is C22H34N6S. The fourth-order valence-corrected chi connectivity index (χ4v) is 4.32. The van der Waals surface area contributed by atoms with Crippen molar-refractivity contribution in [1.29, 1.82) is 0 Å². The zero-order valence-electron chi connectivity index (χ0n) is 18.0. The molecule has 29 heavy (non-hydrogen) atoms. The number of aromatic nitrogens is 1. The summed E-state index contributed by atoms with van der Waals surface area (Å²) in [6.45, 7) is 9.51. The molecule has 0 aliphatic carbocycles. The topological polar surface area (TPSA) is 47.0 Å². The van der Waals surface area contributed by atoms with E-state index in [1.54, 1.807) is 11.3 Å². The molecule has 0 radical (unpaired) electrons. The minimum Gasteiger partial charge on any atom is -0.369 e. The highest BCUT2D eigenvalue weighted by molar-refractivity contribution is 7.09. The van der Waals surface area contributed by atoms with Crippen LogP contribution in [0.4, 0.5) is 5.69 Å². The third kappa shape index (κ3) is 6.72. The van der Waals surface area contributed by atoms with Gasteiger partial charge in [0.25, 0.3) is 0 Å². The number of anilines is 1. The lowest BCUT2D eigenvalue weighted by Gasteiger charge is -2.36. The molecule has 0 saturated carbocycles. The van der Waals surface area contributed by atoms with Gasteiger partial charge in [0.1, 0.15) is 0 Å². The van der Waals surface area contributed by atoms with Gasteiger partial charge in [0.05, 0.1) is 17.2 Å². The first-order valence-corrected chi connectivity index (χ1v) is 11.4. The van der Waals surface area contributed by atoms with Gasteiger partial charge < -0.3 is 15.1 Å². The second kappa shape index (κ2) is 11.2. The molecule has 0 unspecified atom stereocenters. The van der Waals surface area contributed by atoms with E-state index in [-0.39, 0.29) is 0 Å². The van der Waals surface area contributed by atoms with Gasteiger partial charge in [-0.2, -0.15) is 0 Å². The smallest absolute Gasteiger partial charge is 0.193 e. The summed E-state index contributed by atoms with van der Waals surface area (Å²) in [6.07, 6.45) is 2.37. The molecule has 1 aromatic heterocycles. The van der Waals surface area contributed by atoms with Crippen LogP contribution in [-0.4, -0.2) is 74.1 Å². The van der Waals surface area contributed by atoms with Crippen molar-refractivity contribution in [3.05, 3.63) is 46.4 Å². The van der Waals surface area contributed by atoms with Gasteiger partial charge in [-0.1, -0.05) is 18.2 Å². The quantitative estimate of drug-likeness (QED) is 0.409. The average Bonchev–Trinajstić information content (AvgIpc) is 3.16. The maximum Gasteiger partial charge on any atom is 0.193 e. The minimum atomic E-state index is 0.787. The van der Waals surface area contributed by atoms with Gasteiger partial charge in [-0.25, -0.2) is 4.98 Å². The van der Waals surface area contributed by atoms with Gasteiger partial charge in [-0.3, -0.25) is 9.89 Å². The average molecular weight is 415 g/mol. The first kappa shape index (κ1) is 21.6. The normalized spacial score (nSPS) is 15.6. The summed E-state index contributed by atoms with van der Waals surface area (Å²) >= 11 is 1.70. The lowest BCUT2D eigenvalue weighted by atomic mass is 10.2. The number of rotatable bonds is 8. The van der Waals surface area contributed by atoms with E-state index in [1.165, 1.54) is 18.7 Å². The first-order chi connectivity index (χ1) is 14.2. The van der Waals surface area contributed by atoms with Crippen LogP contribution < -0.4 is 10.2 Å². The Kier molecular flexibility index (Phi) is 8.31. The summed E-state index contributed by atoms with van der Waals surface area (Å²) in [5, 5.41) is 6.72. The van der Waals surface area contributed by atoms with E-state index < -0.39 is 0 Å². The fourth-order valence-electron chi connectivity index (χ4n) is 3.71. The Bertz CT molecular complexity index is 752. The third-order valence-corrected chi connectivity index (χ3v) is 6.14. The van der Waals surface area contributed by atoms with Gasteiger partial charge in [0.15, 0.2) is 5.96 Å². The molecule has 3 rings (SSSR count). The molecule has 0 atom stereocenters. The molecule has 1 aliphatic rings. The number of aliphatic imine (C=N–C) groups is 1. The standard InChI is InChI=1S/C22H34N6S/c1-19-25-20(18-29-19)17-26(3)22(23-2)24-11-7-8-12-27-13-15-28(16-14-27)21-9-5-4-6-10-21/h4-6,9-10,18H,7-8,11-17H2,1-3H3,(H,23,24). The van der Waals surface area contributed by atoms with Gasteiger partial charge in [0.2, 0.25) is 0 Å². The summed E-state index contributed by atoms with van der Waals surface area (Å²) in [5.74, 6) is 0.937. The van der Waals surface area contributed by atoms with Crippen molar-refractivity contribution in [1.82, 2.24) is 20.1 Å². The number of guanidine groups is 1. The van der Waals surface area contributed by atoms with Crippen LogP contribution in [0.1, 0.15) is 23.5 Å². The Balaban J connectivity index is 1.29. The molecule has 6 nitrogen and oxygen atoms in total. The van der Waals surface area contributed by atoms with E-state index in [0.717, 1.165) is 62.4 Å². The summed E-state index contributed by atoms with van der Waals surface area (Å²) < 4.78 is 0. The van der Waals surface area contributed by atoms with Crippen molar-refractivity contribution in [3.63, 3.8) is 0 Å². The van der Waals surface area contributed by atoms with E-state index >= 15 is 0 Å². The first-order valence-electron chi connectivity index (χ1n) is 10.5. The van der Waals surface area contributed by atoms with E-state index in [9.17, 15) is 0 Å². The third-order valence-electron chi connectivity index (χ3n) is 5.32. The number of para-hydroxylation sites is 1. The van der Waals surface area contributed by atoms with Crippen molar-refractivity contribution >= 4 is 23.0 Å². The highest BCUT2D eigenvalue weighted by atomic mass is 32.1. The number of nitrogens with one attached hydrogen (secondary N) is 1. The number of piperazine rings is 1. The Labute approximate surface area is 179 Å². The molecule has 0 bridgehead atoms. The van der Waals surface area contributed by atoms with Crippen LogP contribution in [-0.2, 0) is 6.54 Å². The summed E-state index contributed by atoms with van der Waals surface area (Å²) in [5.41, 5.74) is 2.45. The SMILES string of the molecule is CN=C(NCCCCN1CCN(c2ccccc2)CC1)N(C)Cc1csc(C)n1. The Morgan fingerprint density at radius 3 is 2.59 bits per heavy atom. The van der Waals surface area contributed by atoms with Crippen LogP contribution in [0.25, 0.3) is 0 Å². The highest BCUT2D eigenvalue weighted by Crippen LogP contribution is 2.15. The van der Waals surface area contributed by atoms with Gasteiger partial charge in [-0.15, -0.1) is 11.3 Å². The fraction of sp³-hybridized carbons (Fsp3) is 0.545. The molecule has 0 spiro atoms. The molecule has 7 heteroatoms. The molecule has 1 aliphatic heterocycles. The number of nitrogens with zero attached hydrogens (tertiary/aromatic N) is 5. The van der Waals surface area contributed by atoms with Crippen LogP contribution in [0, 0.1) is 6.92 Å². The molecular weight excluding hydrogens is 380 g/mol. The van der Waals surface area contributed by atoms with Crippen molar-refractivity contribution in [2.45, 2.75) is 26.3 Å². The monoisotopic (exact) mass is 414 g/mol. The molecule has 1 saturated heterocycles. The van der Waals surface area contributed by atoms with Crippen LogP contribution in [0.5, 0.6) is 0 Å². The molecule has 2 aromatic rings. The lowest BCUT2D eigenvalue weighted by Crippen LogP contribution is -2.46. The maximum atomic E-state index is 4.54. The maximum absolute atomic E-state index is 4.54. The number of hydrogen-bond acceptors (Lipinski definition) is 5. The number of benzene rings is 1. The molecule has 2 heterocycles.